The summed E-state index contributed by atoms with van der Waals surface area (Å²) >= 11 is 0. The summed E-state index contributed by atoms with van der Waals surface area (Å²) in [5, 5.41) is 9.18. The molecule has 118 valence electrons. The second-order valence-electron chi connectivity index (χ2n) is 6.03. The predicted octanol–water partition coefficient (Wildman–Crippen LogP) is 2.33. The molecular weight excluding hydrogens is 293 g/mol. The van der Waals surface area contributed by atoms with Crippen molar-refractivity contribution in [3.05, 3.63) is 64.0 Å². The molecule has 3 N–H and O–H groups in total. The van der Waals surface area contributed by atoms with Gasteiger partial charge in [0, 0.05) is 25.2 Å². The Bertz CT molecular complexity index is 788. The SMILES string of the molecule is O=C(Nc1ccc2c(c1F)CCNC2)c1ccc2c(c1)CNC2. The van der Waals surface area contributed by atoms with Gasteiger partial charge in [-0.25, -0.2) is 4.39 Å². The lowest BCUT2D eigenvalue weighted by molar-refractivity contribution is 0.102. The third-order valence-corrected chi connectivity index (χ3v) is 4.56. The second kappa shape index (κ2) is 5.76. The van der Waals surface area contributed by atoms with Crippen molar-refractivity contribution in [3.63, 3.8) is 0 Å². The number of anilines is 1. The van der Waals surface area contributed by atoms with Crippen molar-refractivity contribution in [2.24, 2.45) is 0 Å². The first-order valence-corrected chi connectivity index (χ1v) is 7.87. The Morgan fingerprint density at radius 3 is 2.70 bits per heavy atom. The zero-order valence-electron chi connectivity index (χ0n) is 12.7. The first-order valence-electron chi connectivity index (χ1n) is 7.87. The molecule has 4 rings (SSSR count). The van der Waals surface area contributed by atoms with E-state index in [9.17, 15) is 9.18 Å². The lowest BCUT2D eigenvalue weighted by Gasteiger charge is -2.19. The molecule has 0 saturated heterocycles. The number of amides is 1. The molecule has 2 aliphatic heterocycles. The highest BCUT2D eigenvalue weighted by atomic mass is 19.1. The van der Waals surface area contributed by atoms with Crippen molar-refractivity contribution in [2.45, 2.75) is 26.1 Å². The number of benzene rings is 2. The molecule has 0 radical (unpaired) electrons. The highest BCUT2D eigenvalue weighted by Gasteiger charge is 2.19. The Balaban J connectivity index is 1.59. The predicted molar refractivity (Wildman–Crippen MR) is 86.7 cm³/mol. The molecule has 4 nitrogen and oxygen atoms in total. The molecule has 23 heavy (non-hydrogen) atoms. The maximum absolute atomic E-state index is 14.6. The summed E-state index contributed by atoms with van der Waals surface area (Å²) in [6.45, 7) is 3.05. The van der Waals surface area contributed by atoms with Gasteiger partial charge in [0.15, 0.2) is 0 Å². The molecule has 0 atom stereocenters. The first kappa shape index (κ1) is 14.4. The summed E-state index contributed by atoms with van der Waals surface area (Å²) in [7, 11) is 0. The summed E-state index contributed by atoms with van der Waals surface area (Å²) in [5.74, 6) is -0.576. The van der Waals surface area contributed by atoms with Crippen LogP contribution >= 0.6 is 0 Å². The van der Waals surface area contributed by atoms with Gasteiger partial charge in [-0.1, -0.05) is 12.1 Å². The molecule has 2 heterocycles. The summed E-state index contributed by atoms with van der Waals surface area (Å²) in [4.78, 5) is 12.4. The van der Waals surface area contributed by atoms with E-state index < -0.39 is 0 Å². The van der Waals surface area contributed by atoms with Crippen LogP contribution in [0.1, 0.15) is 32.6 Å². The van der Waals surface area contributed by atoms with Crippen LogP contribution < -0.4 is 16.0 Å². The van der Waals surface area contributed by atoms with Crippen molar-refractivity contribution in [2.75, 3.05) is 11.9 Å². The second-order valence-corrected chi connectivity index (χ2v) is 6.03. The third-order valence-electron chi connectivity index (χ3n) is 4.56. The Kier molecular flexibility index (Phi) is 3.59. The number of carbonyl (C=O) groups excluding carboxylic acids is 1. The van der Waals surface area contributed by atoms with Crippen LogP contribution in [0.25, 0.3) is 0 Å². The van der Waals surface area contributed by atoms with Crippen LogP contribution in [0.5, 0.6) is 0 Å². The molecule has 2 aromatic carbocycles. The largest absolute Gasteiger partial charge is 0.319 e. The number of rotatable bonds is 2. The fourth-order valence-electron chi connectivity index (χ4n) is 3.26. The topological polar surface area (TPSA) is 53.2 Å². The van der Waals surface area contributed by atoms with Crippen LogP contribution in [0.15, 0.2) is 30.3 Å². The number of hydrogen-bond acceptors (Lipinski definition) is 3. The van der Waals surface area contributed by atoms with Gasteiger partial charge >= 0.3 is 0 Å². The smallest absolute Gasteiger partial charge is 0.255 e. The maximum atomic E-state index is 14.6. The van der Waals surface area contributed by atoms with Crippen molar-refractivity contribution < 1.29 is 9.18 Å². The minimum atomic E-state index is -0.305. The van der Waals surface area contributed by atoms with Gasteiger partial charge in [-0.2, -0.15) is 0 Å². The summed E-state index contributed by atoms with van der Waals surface area (Å²) in [5.41, 5.74) is 4.85. The Morgan fingerprint density at radius 1 is 1.00 bits per heavy atom. The zero-order chi connectivity index (χ0) is 15.8. The normalized spacial score (nSPS) is 15.9. The molecule has 1 amide bonds. The van der Waals surface area contributed by atoms with Crippen LogP contribution in [0, 0.1) is 5.82 Å². The van der Waals surface area contributed by atoms with E-state index in [2.05, 4.69) is 16.0 Å². The molecule has 2 aromatic rings. The Hall–Kier alpha value is -2.24. The lowest BCUT2D eigenvalue weighted by Crippen LogP contribution is -2.25. The molecular formula is C18H18FN3O. The average Bonchev–Trinajstić information content (AvgIpc) is 3.05. The standard InChI is InChI=1S/C18H18FN3O/c19-17-15-5-6-20-9-13(15)3-4-16(17)22-18(23)11-1-2-12-8-21-10-14(12)7-11/h1-4,7,20-21H,5-6,8-10H2,(H,22,23). The molecule has 0 saturated carbocycles. The highest BCUT2D eigenvalue weighted by molar-refractivity contribution is 6.04. The highest BCUT2D eigenvalue weighted by Crippen LogP contribution is 2.25. The molecule has 5 heteroatoms. The van der Waals surface area contributed by atoms with Gasteiger partial charge in [0.25, 0.3) is 5.91 Å². The van der Waals surface area contributed by atoms with Crippen molar-refractivity contribution >= 4 is 11.6 Å². The first-order chi connectivity index (χ1) is 11.2. The van der Waals surface area contributed by atoms with Gasteiger partial charge in [-0.05, 0) is 53.4 Å². The van der Waals surface area contributed by atoms with Crippen LogP contribution in [0.4, 0.5) is 10.1 Å². The number of hydrogen-bond donors (Lipinski definition) is 3. The van der Waals surface area contributed by atoms with Gasteiger partial charge in [-0.15, -0.1) is 0 Å². The van der Waals surface area contributed by atoms with Crippen LogP contribution in [0.3, 0.4) is 0 Å². The Labute approximate surface area is 134 Å². The van der Waals surface area contributed by atoms with Crippen molar-refractivity contribution in [3.8, 4) is 0 Å². The van der Waals surface area contributed by atoms with Gasteiger partial charge in [-0.3, -0.25) is 4.79 Å². The molecule has 0 aliphatic carbocycles. The van der Waals surface area contributed by atoms with E-state index in [-0.39, 0.29) is 17.4 Å². The van der Waals surface area contributed by atoms with Crippen LogP contribution in [0.2, 0.25) is 0 Å². The molecule has 0 fully saturated rings. The summed E-state index contributed by atoms with van der Waals surface area (Å²) in [6.07, 6.45) is 0.648. The van der Waals surface area contributed by atoms with E-state index in [0.717, 1.165) is 30.8 Å². The van der Waals surface area contributed by atoms with Crippen LogP contribution in [-0.4, -0.2) is 12.5 Å². The fourth-order valence-corrected chi connectivity index (χ4v) is 3.26. The van der Waals surface area contributed by atoms with Gasteiger partial charge in [0.1, 0.15) is 5.82 Å². The van der Waals surface area contributed by atoms with E-state index in [1.165, 1.54) is 5.56 Å². The minimum absolute atomic E-state index is 0.259. The fraction of sp³-hybridized carbons (Fsp3) is 0.278. The van der Waals surface area contributed by atoms with Crippen LogP contribution in [-0.2, 0) is 26.1 Å². The molecule has 0 spiro atoms. The van der Waals surface area contributed by atoms with Crippen molar-refractivity contribution in [1.29, 1.82) is 0 Å². The summed E-state index contributed by atoms with van der Waals surface area (Å²) in [6, 6.07) is 9.16. The maximum Gasteiger partial charge on any atom is 0.255 e. The molecule has 0 aromatic heterocycles. The molecule has 0 unspecified atom stereocenters. The number of carbonyl (C=O) groups is 1. The lowest BCUT2D eigenvalue weighted by atomic mass is 9.99. The van der Waals surface area contributed by atoms with Gasteiger partial charge in [0.05, 0.1) is 5.69 Å². The molecule has 2 aliphatic rings. The quantitative estimate of drug-likeness (QED) is 0.798. The summed E-state index contributed by atoms with van der Waals surface area (Å²) < 4.78 is 14.6. The van der Waals surface area contributed by atoms with Gasteiger partial charge in [0.2, 0.25) is 0 Å². The van der Waals surface area contributed by atoms with Gasteiger partial charge < -0.3 is 16.0 Å². The number of nitrogens with one attached hydrogen (secondary N) is 3. The average molecular weight is 311 g/mol. The zero-order valence-corrected chi connectivity index (χ0v) is 12.7. The third kappa shape index (κ3) is 2.62. The van der Waals surface area contributed by atoms with E-state index in [4.69, 9.17) is 0 Å². The van der Waals surface area contributed by atoms with E-state index in [1.54, 1.807) is 12.1 Å². The molecule has 0 bridgehead atoms. The Morgan fingerprint density at radius 2 is 1.78 bits per heavy atom. The van der Waals surface area contributed by atoms with E-state index in [1.807, 2.05) is 18.2 Å². The minimum Gasteiger partial charge on any atom is -0.319 e. The van der Waals surface area contributed by atoms with E-state index >= 15 is 0 Å². The number of fused-ring (bicyclic) bond motifs is 2. The van der Waals surface area contributed by atoms with E-state index in [0.29, 0.717) is 24.1 Å². The van der Waals surface area contributed by atoms with Crippen molar-refractivity contribution in [1.82, 2.24) is 10.6 Å². The monoisotopic (exact) mass is 311 g/mol. The number of halogens is 1.